The standard InChI is InChI=1S/C21H21FN4O3/c1-28-18-8-3-14(11-19(18)29-2)9-10-23-20-13-24-17(12-25-20)21(27)26-16-6-4-15(22)5-7-16/h3-8,11-13H,9-10H2,1-2H3,(H,23,25)(H,26,27). The zero-order valence-corrected chi connectivity index (χ0v) is 16.1. The molecule has 0 saturated carbocycles. The Balaban J connectivity index is 1.52. The lowest BCUT2D eigenvalue weighted by Crippen LogP contribution is -2.15. The normalized spacial score (nSPS) is 10.3. The van der Waals surface area contributed by atoms with Gasteiger partial charge in [0, 0.05) is 12.2 Å². The molecule has 2 N–H and O–H groups in total. The Bertz CT molecular complexity index is 963. The van der Waals surface area contributed by atoms with Gasteiger partial charge in [-0.05, 0) is 48.4 Å². The molecular weight excluding hydrogens is 375 g/mol. The number of aromatic nitrogens is 2. The molecule has 29 heavy (non-hydrogen) atoms. The van der Waals surface area contributed by atoms with Gasteiger partial charge in [-0.15, -0.1) is 0 Å². The van der Waals surface area contributed by atoms with Crippen molar-refractivity contribution in [3.8, 4) is 11.5 Å². The number of hydrogen-bond acceptors (Lipinski definition) is 6. The van der Waals surface area contributed by atoms with E-state index in [0.29, 0.717) is 29.5 Å². The maximum atomic E-state index is 12.9. The van der Waals surface area contributed by atoms with E-state index in [-0.39, 0.29) is 11.5 Å². The van der Waals surface area contributed by atoms with Crippen molar-refractivity contribution in [3.05, 3.63) is 71.9 Å². The van der Waals surface area contributed by atoms with Crippen molar-refractivity contribution in [3.63, 3.8) is 0 Å². The van der Waals surface area contributed by atoms with Crippen LogP contribution in [0.4, 0.5) is 15.9 Å². The van der Waals surface area contributed by atoms with Crippen molar-refractivity contribution in [1.29, 1.82) is 0 Å². The minimum atomic E-state index is -0.416. The predicted octanol–water partition coefficient (Wildman–Crippen LogP) is 3.54. The first kappa shape index (κ1) is 20.1. The fraction of sp³-hybridized carbons (Fsp3) is 0.190. The first-order chi connectivity index (χ1) is 14.1. The molecule has 1 amide bonds. The predicted molar refractivity (Wildman–Crippen MR) is 108 cm³/mol. The van der Waals surface area contributed by atoms with Gasteiger partial charge >= 0.3 is 0 Å². The molecule has 150 valence electrons. The number of amides is 1. The van der Waals surface area contributed by atoms with Gasteiger partial charge in [0.2, 0.25) is 0 Å². The second-order valence-corrected chi connectivity index (χ2v) is 6.11. The van der Waals surface area contributed by atoms with Crippen molar-refractivity contribution in [1.82, 2.24) is 9.97 Å². The monoisotopic (exact) mass is 396 g/mol. The Morgan fingerprint density at radius 1 is 1.00 bits per heavy atom. The number of hydrogen-bond donors (Lipinski definition) is 2. The molecule has 1 aromatic heterocycles. The summed E-state index contributed by atoms with van der Waals surface area (Å²) in [4.78, 5) is 20.5. The first-order valence-electron chi connectivity index (χ1n) is 8.93. The summed E-state index contributed by atoms with van der Waals surface area (Å²) in [5, 5.41) is 5.80. The van der Waals surface area contributed by atoms with Gasteiger partial charge < -0.3 is 20.1 Å². The molecule has 8 heteroatoms. The summed E-state index contributed by atoms with van der Waals surface area (Å²) < 4.78 is 23.5. The highest BCUT2D eigenvalue weighted by Crippen LogP contribution is 2.27. The average Bonchev–Trinajstić information content (AvgIpc) is 2.75. The lowest BCUT2D eigenvalue weighted by molar-refractivity contribution is 0.102. The number of carbonyl (C=O) groups excluding carboxylic acids is 1. The SMILES string of the molecule is COc1ccc(CCNc2cnc(C(=O)Nc3ccc(F)cc3)cn2)cc1OC. The van der Waals surface area contributed by atoms with E-state index >= 15 is 0 Å². The van der Waals surface area contributed by atoms with Crippen LogP contribution < -0.4 is 20.1 Å². The van der Waals surface area contributed by atoms with E-state index < -0.39 is 5.91 Å². The van der Waals surface area contributed by atoms with E-state index in [1.54, 1.807) is 14.2 Å². The van der Waals surface area contributed by atoms with Gasteiger partial charge in [0.25, 0.3) is 5.91 Å². The lowest BCUT2D eigenvalue weighted by atomic mass is 10.1. The number of anilines is 2. The summed E-state index contributed by atoms with van der Waals surface area (Å²) in [5.74, 6) is 1.14. The van der Waals surface area contributed by atoms with Crippen LogP contribution in [0.15, 0.2) is 54.9 Å². The van der Waals surface area contributed by atoms with Crippen LogP contribution in [0, 0.1) is 5.82 Å². The van der Waals surface area contributed by atoms with Crippen molar-refractivity contribution >= 4 is 17.4 Å². The minimum absolute atomic E-state index is 0.166. The minimum Gasteiger partial charge on any atom is -0.493 e. The fourth-order valence-corrected chi connectivity index (χ4v) is 2.64. The molecule has 0 atom stereocenters. The van der Waals surface area contributed by atoms with E-state index in [1.807, 2.05) is 18.2 Å². The van der Waals surface area contributed by atoms with Crippen LogP contribution in [-0.4, -0.2) is 36.6 Å². The lowest BCUT2D eigenvalue weighted by Gasteiger charge is -2.10. The molecule has 0 aliphatic heterocycles. The summed E-state index contributed by atoms with van der Waals surface area (Å²) in [5.41, 5.74) is 1.73. The van der Waals surface area contributed by atoms with Crippen molar-refractivity contribution in [2.45, 2.75) is 6.42 Å². The van der Waals surface area contributed by atoms with Gasteiger partial charge in [-0.2, -0.15) is 0 Å². The van der Waals surface area contributed by atoms with Crippen molar-refractivity contribution < 1.29 is 18.7 Å². The Morgan fingerprint density at radius 2 is 1.76 bits per heavy atom. The van der Waals surface area contributed by atoms with Gasteiger partial charge in [-0.25, -0.2) is 14.4 Å². The fourth-order valence-electron chi connectivity index (χ4n) is 2.64. The third kappa shape index (κ3) is 5.41. The summed E-state index contributed by atoms with van der Waals surface area (Å²) in [7, 11) is 3.20. The number of nitrogens with zero attached hydrogens (tertiary/aromatic N) is 2. The second kappa shape index (κ2) is 9.50. The largest absolute Gasteiger partial charge is 0.493 e. The molecule has 0 spiro atoms. The maximum absolute atomic E-state index is 12.9. The van der Waals surface area contributed by atoms with E-state index in [0.717, 1.165) is 12.0 Å². The molecule has 0 aliphatic carbocycles. The first-order valence-corrected chi connectivity index (χ1v) is 8.93. The summed E-state index contributed by atoms with van der Waals surface area (Å²) in [6.45, 7) is 0.630. The van der Waals surface area contributed by atoms with Crippen molar-refractivity contribution in [2.24, 2.45) is 0 Å². The molecule has 2 aromatic carbocycles. The quantitative estimate of drug-likeness (QED) is 0.606. The summed E-state index contributed by atoms with van der Waals surface area (Å²) >= 11 is 0. The molecule has 7 nitrogen and oxygen atoms in total. The Kier molecular flexibility index (Phi) is 6.57. The van der Waals surface area contributed by atoms with Crippen LogP contribution in [0.25, 0.3) is 0 Å². The number of ether oxygens (including phenoxy) is 2. The number of benzene rings is 2. The van der Waals surface area contributed by atoms with Crippen LogP contribution in [0.5, 0.6) is 11.5 Å². The van der Waals surface area contributed by atoms with Crippen molar-refractivity contribution in [2.75, 3.05) is 31.4 Å². The highest BCUT2D eigenvalue weighted by atomic mass is 19.1. The average molecular weight is 396 g/mol. The van der Waals surface area contributed by atoms with Crippen LogP contribution in [0.1, 0.15) is 16.1 Å². The number of carbonyl (C=O) groups is 1. The number of rotatable bonds is 8. The van der Waals surface area contributed by atoms with E-state index in [4.69, 9.17) is 9.47 Å². The van der Waals surface area contributed by atoms with E-state index in [2.05, 4.69) is 20.6 Å². The summed E-state index contributed by atoms with van der Waals surface area (Å²) in [6.07, 6.45) is 3.63. The topological polar surface area (TPSA) is 85.4 Å². The molecule has 0 bridgehead atoms. The Morgan fingerprint density at radius 3 is 2.41 bits per heavy atom. The molecule has 0 saturated heterocycles. The van der Waals surface area contributed by atoms with E-state index in [9.17, 15) is 9.18 Å². The maximum Gasteiger partial charge on any atom is 0.275 e. The molecular formula is C21H21FN4O3. The third-order valence-corrected chi connectivity index (χ3v) is 4.15. The second-order valence-electron chi connectivity index (χ2n) is 6.11. The molecule has 0 radical (unpaired) electrons. The molecule has 0 aliphatic rings. The van der Waals surface area contributed by atoms with Crippen LogP contribution >= 0.6 is 0 Å². The molecule has 3 aromatic rings. The number of halogens is 1. The van der Waals surface area contributed by atoms with Gasteiger partial charge in [-0.3, -0.25) is 4.79 Å². The Hall–Kier alpha value is -3.68. The highest BCUT2D eigenvalue weighted by molar-refractivity contribution is 6.02. The summed E-state index contributed by atoms with van der Waals surface area (Å²) in [6, 6.07) is 11.3. The van der Waals surface area contributed by atoms with Gasteiger partial charge in [0.05, 0.1) is 26.6 Å². The molecule has 0 unspecified atom stereocenters. The molecule has 0 fully saturated rings. The molecule has 3 rings (SSSR count). The zero-order valence-electron chi connectivity index (χ0n) is 16.1. The van der Waals surface area contributed by atoms with Crippen LogP contribution in [0.3, 0.4) is 0 Å². The number of nitrogens with one attached hydrogen (secondary N) is 2. The zero-order chi connectivity index (χ0) is 20.6. The van der Waals surface area contributed by atoms with Gasteiger partial charge in [0.15, 0.2) is 11.5 Å². The number of methoxy groups -OCH3 is 2. The highest BCUT2D eigenvalue weighted by Gasteiger charge is 2.09. The third-order valence-electron chi connectivity index (χ3n) is 4.15. The Labute approximate surface area is 167 Å². The smallest absolute Gasteiger partial charge is 0.275 e. The van der Waals surface area contributed by atoms with Gasteiger partial charge in [-0.1, -0.05) is 6.07 Å². The van der Waals surface area contributed by atoms with Crippen LogP contribution in [0.2, 0.25) is 0 Å². The van der Waals surface area contributed by atoms with E-state index in [1.165, 1.54) is 36.7 Å². The molecule has 1 heterocycles. The van der Waals surface area contributed by atoms with Gasteiger partial charge in [0.1, 0.15) is 17.3 Å². The van der Waals surface area contributed by atoms with Crippen LogP contribution in [-0.2, 0) is 6.42 Å².